The molecule has 0 saturated heterocycles. The molecule has 1 aliphatic rings. The van der Waals surface area contributed by atoms with Crippen LogP contribution in [-0.4, -0.2) is 30.5 Å². The Labute approximate surface area is 177 Å². The highest BCUT2D eigenvalue weighted by molar-refractivity contribution is 5.79. The molecule has 3 aromatic rings. The minimum atomic E-state index is -0.407. The summed E-state index contributed by atoms with van der Waals surface area (Å²) in [5, 5.41) is 12.2. The Morgan fingerprint density at radius 2 is 1.50 bits per heavy atom. The molecule has 1 amide bonds. The van der Waals surface area contributed by atoms with Crippen LogP contribution in [0.4, 0.5) is 4.79 Å². The molecule has 3 aromatic carbocycles. The fraction of sp³-hybridized carbons (Fsp3) is 0.269. The quantitative estimate of drug-likeness (QED) is 0.564. The second-order valence-electron chi connectivity index (χ2n) is 7.72. The van der Waals surface area contributed by atoms with Gasteiger partial charge in [-0.2, -0.15) is 0 Å². The highest BCUT2D eigenvalue weighted by Gasteiger charge is 2.29. The van der Waals surface area contributed by atoms with Gasteiger partial charge in [0.2, 0.25) is 0 Å². The lowest BCUT2D eigenvalue weighted by Crippen LogP contribution is -2.37. The molecular weight excluding hydrogens is 374 g/mol. The Balaban J connectivity index is 1.41. The number of nitrogens with one attached hydrogen (secondary N) is 1. The van der Waals surface area contributed by atoms with Gasteiger partial charge in [-0.1, -0.05) is 78.9 Å². The Kier molecular flexibility index (Phi) is 6.45. The van der Waals surface area contributed by atoms with Gasteiger partial charge in [0.25, 0.3) is 0 Å². The zero-order chi connectivity index (χ0) is 20.8. The molecule has 0 fully saturated rings. The van der Waals surface area contributed by atoms with E-state index < -0.39 is 6.09 Å². The fourth-order valence-corrected chi connectivity index (χ4v) is 4.27. The van der Waals surface area contributed by atoms with E-state index in [0.29, 0.717) is 25.9 Å². The highest BCUT2D eigenvalue weighted by Crippen LogP contribution is 2.44. The summed E-state index contributed by atoms with van der Waals surface area (Å²) in [6.07, 6.45) is 1.65. The predicted molar refractivity (Wildman–Crippen MR) is 118 cm³/mol. The smallest absolute Gasteiger partial charge is 0.407 e. The van der Waals surface area contributed by atoms with Crippen molar-refractivity contribution < 1.29 is 14.6 Å². The lowest BCUT2D eigenvalue weighted by atomic mass is 9.98. The van der Waals surface area contributed by atoms with Crippen LogP contribution in [0.15, 0.2) is 78.9 Å². The van der Waals surface area contributed by atoms with Crippen molar-refractivity contribution in [2.75, 3.05) is 13.2 Å². The van der Waals surface area contributed by atoms with E-state index in [9.17, 15) is 9.90 Å². The van der Waals surface area contributed by atoms with Crippen molar-refractivity contribution in [2.45, 2.75) is 31.2 Å². The van der Waals surface area contributed by atoms with E-state index in [1.54, 1.807) is 0 Å². The summed E-state index contributed by atoms with van der Waals surface area (Å²) in [6.45, 7) is 0.412. The van der Waals surface area contributed by atoms with Gasteiger partial charge in [-0.15, -0.1) is 0 Å². The van der Waals surface area contributed by atoms with Gasteiger partial charge in [0.05, 0.1) is 0 Å². The van der Waals surface area contributed by atoms with E-state index in [1.807, 2.05) is 54.6 Å². The molecule has 2 N–H and O–H groups in total. The van der Waals surface area contributed by atoms with Gasteiger partial charge in [-0.3, -0.25) is 0 Å². The van der Waals surface area contributed by atoms with Gasteiger partial charge < -0.3 is 15.2 Å². The molecule has 0 heterocycles. The molecule has 0 aromatic heterocycles. The van der Waals surface area contributed by atoms with E-state index in [2.05, 4.69) is 29.6 Å². The fourth-order valence-electron chi connectivity index (χ4n) is 4.27. The second-order valence-corrected chi connectivity index (χ2v) is 7.72. The van der Waals surface area contributed by atoms with E-state index in [0.717, 1.165) is 5.56 Å². The highest BCUT2D eigenvalue weighted by atomic mass is 16.5. The number of alkyl carbamates (subject to hydrolysis) is 1. The number of fused-ring (bicyclic) bond motifs is 3. The molecule has 1 aliphatic carbocycles. The third-order valence-electron chi connectivity index (χ3n) is 5.70. The monoisotopic (exact) mass is 401 g/mol. The SMILES string of the molecule is O=C(NC(CCCO)Cc1ccccc1)OCC1c2ccccc2-c2ccccc21. The first-order chi connectivity index (χ1) is 14.8. The lowest BCUT2D eigenvalue weighted by molar-refractivity contribution is 0.137. The van der Waals surface area contributed by atoms with Crippen molar-refractivity contribution in [2.24, 2.45) is 0 Å². The van der Waals surface area contributed by atoms with Crippen molar-refractivity contribution in [3.8, 4) is 11.1 Å². The van der Waals surface area contributed by atoms with E-state index >= 15 is 0 Å². The molecule has 4 heteroatoms. The number of hydrogen-bond acceptors (Lipinski definition) is 3. The maximum atomic E-state index is 12.6. The number of hydrogen-bond donors (Lipinski definition) is 2. The molecule has 0 spiro atoms. The Hall–Kier alpha value is -3.11. The molecule has 4 nitrogen and oxygen atoms in total. The third-order valence-corrected chi connectivity index (χ3v) is 5.70. The van der Waals surface area contributed by atoms with E-state index in [4.69, 9.17) is 4.74 Å². The van der Waals surface area contributed by atoms with Gasteiger partial charge >= 0.3 is 6.09 Å². The Morgan fingerprint density at radius 3 is 2.13 bits per heavy atom. The van der Waals surface area contributed by atoms with Crippen LogP contribution in [0.5, 0.6) is 0 Å². The largest absolute Gasteiger partial charge is 0.449 e. The lowest BCUT2D eigenvalue weighted by Gasteiger charge is -2.20. The molecule has 0 radical (unpaired) electrons. The summed E-state index contributed by atoms with van der Waals surface area (Å²) in [7, 11) is 0. The number of rotatable bonds is 8. The normalized spacial score (nSPS) is 13.4. The number of amides is 1. The van der Waals surface area contributed by atoms with Crippen molar-refractivity contribution in [3.63, 3.8) is 0 Å². The standard InChI is InChI=1S/C26H27NO3/c28-16-8-11-20(17-19-9-2-1-3-10-19)27-26(29)30-18-25-23-14-6-4-12-21(23)22-13-5-7-15-24(22)25/h1-7,9-10,12-15,20,25,28H,8,11,16-18H2,(H,27,29). The molecular formula is C26H27NO3. The summed E-state index contributed by atoms with van der Waals surface area (Å²) in [4.78, 5) is 12.6. The molecule has 1 unspecified atom stereocenters. The van der Waals surface area contributed by atoms with E-state index in [-0.39, 0.29) is 18.6 Å². The number of carbonyl (C=O) groups is 1. The van der Waals surface area contributed by atoms with Crippen LogP contribution < -0.4 is 5.32 Å². The van der Waals surface area contributed by atoms with Crippen molar-refractivity contribution >= 4 is 6.09 Å². The number of benzene rings is 3. The minimum absolute atomic E-state index is 0.0492. The average molecular weight is 402 g/mol. The predicted octanol–water partition coefficient (Wildman–Crippen LogP) is 4.91. The summed E-state index contributed by atoms with van der Waals surface area (Å²) in [5.74, 6) is 0.0492. The number of ether oxygens (including phenoxy) is 1. The maximum Gasteiger partial charge on any atom is 0.407 e. The second kappa shape index (κ2) is 9.59. The number of aliphatic hydroxyl groups excluding tert-OH is 1. The maximum absolute atomic E-state index is 12.6. The molecule has 1 atom stereocenters. The molecule has 30 heavy (non-hydrogen) atoms. The molecule has 4 rings (SSSR count). The van der Waals surface area contributed by atoms with Crippen LogP contribution in [0.1, 0.15) is 35.4 Å². The topological polar surface area (TPSA) is 58.6 Å². The van der Waals surface area contributed by atoms with Gasteiger partial charge in [0.1, 0.15) is 6.61 Å². The van der Waals surface area contributed by atoms with Crippen LogP contribution >= 0.6 is 0 Å². The van der Waals surface area contributed by atoms with E-state index in [1.165, 1.54) is 22.3 Å². The van der Waals surface area contributed by atoms with Crippen LogP contribution in [0.3, 0.4) is 0 Å². The molecule has 154 valence electrons. The Bertz CT molecular complexity index is 941. The average Bonchev–Trinajstić information content (AvgIpc) is 3.10. The van der Waals surface area contributed by atoms with Crippen LogP contribution in [0.2, 0.25) is 0 Å². The summed E-state index contributed by atoms with van der Waals surface area (Å²) in [5.41, 5.74) is 5.98. The zero-order valence-corrected chi connectivity index (χ0v) is 17.0. The first-order valence-corrected chi connectivity index (χ1v) is 10.5. The van der Waals surface area contributed by atoms with Crippen LogP contribution in [0.25, 0.3) is 11.1 Å². The Morgan fingerprint density at radius 1 is 0.900 bits per heavy atom. The van der Waals surface area contributed by atoms with Crippen molar-refractivity contribution in [1.82, 2.24) is 5.32 Å². The third kappa shape index (κ3) is 4.55. The van der Waals surface area contributed by atoms with Gasteiger partial charge in [0, 0.05) is 18.6 Å². The van der Waals surface area contributed by atoms with Crippen LogP contribution in [-0.2, 0) is 11.2 Å². The van der Waals surface area contributed by atoms with Crippen LogP contribution in [0, 0.1) is 0 Å². The van der Waals surface area contributed by atoms with Crippen molar-refractivity contribution in [3.05, 3.63) is 95.6 Å². The summed E-state index contributed by atoms with van der Waals surface area (Å²) < 4.78 is 5.68. The molecule has 0 bridgehead atoms. The molecule has 0 saturated carbocycles. The minimum Gasteiger partial charge on any atom is -0.449 e. The van der Waals surface area contributed by atoms with Gasteiger partial charge in [-0.05, 0) is 47.1 Å². The number of carbonyl (C=O) groups excluding carboxylic acids is 1. The first-order valence-electron chi connectivity index (χ1n) is 10.5. The van der Waals surface area contributed by atoms with Crippen molar-refractivity contribution in [1.29, 1.82) is 0 Å². The van der Waals surface area contributed by atoms with Gasteiger partial charge in [0.15, 0.2) is 0 Å². The zero-order valence-electron chi connectivity index (χ0n) is 17.0. The first kappa shape index (κ1) is 20.2. The van der Waals surface area contributed by atoms with Gasteiger partial charge in [-0.25, -0.2) is 4.79 Å². The molecule has 0 aliphatic heterocycles. The summed E-state index contributed by atoms with van der Waals surface area (Å²) >= 11 is 0. The summed E-state index contributed by atoms with van der Waals surface area (Å²) in [6, 6.07) is 26.6. The number of aliphatic hydroxyl groups is 1.